The summed E-state index contributed by atoms with van der Waals surface area (Å²) in [6.07, 6.45) is -2.33. The highest BCUT2D eigenvalue weighted by Gasteiger charge is 2.73. The molecule has 2 saturated heterocycles. The summed E-state index contributed by atoms with van der Waals surface area (Å²) in [4.78, 5) is 24.8. The van der Waals surface area contributed by atoms with Crippen LogP contribution in [0, 0.1) is 23.2 Å². The monoisotopic (exact) mass is 456 g/mol. The van der Waals surface area contributed by atoms with E-state index in [1.54, 1.807) is 32.9 Å². The minimum Gasteiger partial charge on any atom is -0.459 e. The number of aliphatic hydroxyl groups is 3. The summed E-state index contributed by atoms with van der Waals surface area (Å²) < 4.78 is 17.0. The second-order valence-electron chi connectivity index (χ2n) is 9.55. The first-order valence-corrected chi connectivity index (χ1v) is 10.9. The van der Waals surface area contributed by atoms with Gasteiger partial charge in [-0.3, -0.25) is 9.59 Å². The van der Waals surface area contributed by atoms with Gasteiger partial charge in [0.05, 0.1) is 29.3 Å². The molecule has 0 aromatic carbocycles. The lowest BCUT2D eigenvalue weighted by molar-refractivity contribution is -0.213. The zero-order chi connectivity index (χ0) is 23.0. The lowest BCUT2D eigenvalue weighted by atomic mass is 9.54. The molecule has 4 rings (SSSR count). The smallest absolute Gasteiger partial charge is 0.312 e. The van der Waals surface area contributed by atoms with Crippen molar-refractivity contribution in [2.24, 2.45) is 23.2 Å². The Labute approximate surface area is 185 Å². The second-order valence-corrected chi connectivity index (χ2v) is 9.96. The maximum absolute atomic E-state index is 12.6. The highest BCUT2D eigenvalue weighted by Crippen LogP contribution is 2.60. The Morgan fingerprint density at radius 2 is 1.94 bits per heavy atom. The molecule has 3 fully saturated rings. The number of hydrogen-bond donors (Lipinski definition) is 3. The van der Waals surface area contributed by atoms with Gasteiger partial charge in [-0.15, -0.1) is 0 Å². The second kappa shape index (κ2) is 7.28. The maximum atomic E-state index is 12.6. The van der Waals surface area contributed by atoms with Gasteiger partial charge in [0.2, 0.25) is 0 Å². The van der Waals surface area contributed by atoms with Gasteiger partial charge in [-0.2, -0.15) is 0 Å². The van der Waals surface area contributed by atoms with Crippen LogP contribution in [0.3, 0.4) is 0 Å². The zero-order valence-electron chi connectivity index (χ0n) is 18.1. The third-order valence-corrected chi connectivity index (χ3v) is 8.34. The normalized spacial score (nSPS) is 54.7. The summed E-state index contributed by atoms with van der Waals surface area (Å²) in [5.41, 5.74) is -2.56. The molecule has 2 heterocycles. The summed E-state index contributed by atoms with van der Waals surface area (Å²) in [5, 5.41) is 34.2. The largest absolute Gasteiger partial charge is 0.459 e. The molecule has 0 aromatic rings. The van der Waals surface area contributed by atoms with E-state index in [-0.39, 0.29) is 5.03 Å². The highest BCUT2D eigenvalue weighted by atomic mass is 35.5. The number of halogens is 1. The van der Waals surface area contributed by atoms with Crippen LogP contribution in [0.15, 0.2) is 22.8 Å². The third-order valence-electron chi connectivity index (χ3n) is 7.85. The predicted molar refractivity (Wildman–Crippen MR) is 109 cm³/mol. The fraction of sp³-hybridized carbons (Fsp3) is 0.727. The summed E-state index contributed by atoms with van der Waals surface area (Å²) in [5.74, 6) is -3.74. The maximum Gasteiger partial charge on any atom is 0.312 e. The topological polar surface area (TPSA) is 126 Å². The van der Waals surface area contributed by atoms with Crippen LogP contribution in [0.4, 0.5) is 0 Å². The van der Waals surface area contributed by atoms with Gasteiger partial charge in [0.25, 0.3) is 0 Å². The number of carbonyl (C=O) groups is 2. The molecule has 0 aromatic heterocycles. The van der Waals surface area contributed by atoms with Crippen molar-refractivity contribution in [2.75, 3.05) is 0 Å². The molecule has 0 amide bonds. The van der Waals surface area contributed by atoms with Crippen LogP contribution >= 0.6 is 11.6 Å². The van der Waals surface area contributed by atoms with Crippen LogP contribution in [-0.4, -0.2) is 69.5 Å². The SMILES string of the molecule is CC(=O)O[C@H]1[C@H]2[C@@H](C)[C@H](O)[C@@H]3O[C@@H]3[C@]2(C)[C@@H](O)/C=C\C(C)=C(\Cl)[C@@H]2OC(=O)[C@H](C)[C@]21O. The van der Waals surface area contributed by atoms with E-state index in [9.17, 15) is 24.9 Å². The number of ether oxygens (including phenoxy) is 3. The van der Waals surface area contributed by atoms with E-state index in [1.165, 1.54) is 13.8 Å². The number of aliphatic hydroxyl groups excluding tert-OH is 2. The average Bonchev–Trinajstić information content (AvgIpc) is 3.48. The van der Waals surface area contributed by atoms with E-state index >= 15 is 0 Å². The fourth-order valence-electron chi connectivity index (χ4n) is 5.86. The van der Waals surface area contributed by atoms with Crippen molar-refractivity contribution in [3.05, 3.63) is 22.8 Å². The highest BCUT2D eigenvalue weighted by molar-refractivity contribution is 6.31. The molecular formula is C22H29ClO8. The van der Waals surface area contributed by atoms with Gasteiger partial charge in [0, 0.05) is 18.3 Å². The number of epoxide rings is 1. The molecule has 0 radical (unpaired) electrons. The Morgan fingerprint density at radius 3 is 2.55 bits per heavy atom. The van der Waals surface area contributed by atoms with E-state index in [1.807, 2.05) is 0 Å². The Balaban J connectivity index is 1.99. The van der Waals surface area contributed by atoms with Crippen molar-refractivity contribution in [3.63, 3.8) is 0 Å². The first-order chi connectivity index (χ1) is 14.4. The van der Waals surface area contributed by atoms with Crippen LogP contribution in [0.1, 0.15) is 34.6 Å². The molecule has 172 valence electrons. The predicted octanol–water partition coefficient (Wildman–Crippen LogP) is 1.05. The van der Waals surface area contributed by atoms with Gasteiger partial charge in [-0.05, 0) is 25.3 Å². The molecule has 8 nitrogen and oxygen atoms in total. The van der Waals surface area contributed by atoms with Crippen LogP contribution in [0.25, 0.3) is 0 Å². The van der Waals surface area contributed by atoms with Crippen molar-refractivity contribution >= 4 is 23.5 Å². The molecule has 31 heavy (non-hydrogen) atoms. The average molecular weight is 457 g/mol. The Morgan fingerprint density at radius 1 is 1.29 bits per heavy atom. The van der Waals surface area contributed by atoms with Crippen molar-refractivity contribution in [2.45, 2.75) is 76.8 Å². The molecular weight excluding hydrogens is 428 g/mol. The minimum atomic E-state index is -2.02. The number of esters is 2. The number of allylic oxidation sites excluding steroid dienone is 2. The third kappa shape index (κ3) is 3.03. The molecule has 4 aliphatic rings. The van der Waals surface area contributed by atoms with Gasteiger partial charge in [-0.25, -0.2) is 0 Å². The Bertz CT molecular complexity index is 870. The lowest BCUT2D eigenvalue weighted by Gasteiger charge is -2.53. The van der Waals surface area contributed by atoms with Crippen LogP contribution in [0.2, 0.25) is 0 Å². The number of fused-ring (bicyclic) bond motifs is 4. The molecule has 0 unspecified atom stereocenters. The number of rotatable bonds is 1. The number of hydrogen-bond acceptors (Lipinski definition) is 8. The van der Waals surface area contributed by atoms with E-state index in [0.29, 0.717) is 5.57 Å². The van der Waals surface area contributed by atoms with Gasteiger partial charge >= 0.3 is 11.9 Å². The summed E-state index contributed by atoms with van der Waals surface area (Å²) in [6.45, 7) is 7.92. The quantitative estimate of drug-likeness (QED) is 0.395. The molecule has 0 spiro atoms. The van der Waals surface area contributed by atoms with E-state index in [0.717, 1.165) is 0 Å². The van der Waals surface area contributed by atoms with Crippen molar-refractivity contribution in [1.29, 1.82) is 0 Å². The summed E-state index contributed by atoms with van der Waals surface area (Å²) >= 11 is 6.55. The molecule has 9 heteroatoms. The molecule has 2 aliphatic heterocycles. The summed E-state index contributed by atoms with van der Waals surface area (Å²) in [7, 11) is 0. The zero-order valence-corrected chi connectivity index (χ0v) is 18.9. The van der Waals surface area contributed by atoms with Crippen LogP contribution in [0.5, 0.6) is 0 Å². The van der Waals surface area contributed by atoms with Gasteiger partial charge < -0.3 is 29.5 Å². The minimum absolute atomic E-state index is 0.0777. The van der Waals surface area contributed by atoms with E-state index in [4.69, 9.17) is 25.8 Å². The van der Waals surface area contributed by atoms with Gasteiger partial charge in [-0.1, -0.05) is 37.6 Å². The molecule has 11 atom stereocenters. The summed E-state index contributed by atoms with van der Waals surface area (Å²) in [6, 6.07) is 0. The van der Waals surface area contributed by atoms with E-state index < -0.39 is 77.3 Å². The van der Waals surface area contributed by atoms with Crippen LogP contribution < -0.4 is 0 Å². The first-order valence-electron chi connectivity index (χ1n) is 10.5. The molecule has 3 N–H and O–H groups in total. The fourth-order valence-corrected chi connectivity index (χ4v) is 6.14. The Kier molecular flexibility index (Phi) is 5.34. The van der Waals surface area contributed by atoms with Crippen molar-refractivity contribution < 1.29 is 39.1 Å². The molecule has 1 saturated carbocycles. The van der Waals surface area contributed by atoms with Gasteiger partial charge in [0.15, 0.2) is 11.7 Å². The lowest BCUT2D eigenvalue weighted by Crippen LogP contribution is -2.66. The standard InChI is InChI=1S/C22H29ClO8/c1-8-6-7-12(25)21(5)13(9(2)15(26)16-19(21)30-16)17(29-11(4)24)22(28)10(3)20(27)31-18(22)14(8)23/h6-7,9-10,12-13,15-19,25-26,28H,1-5H3/b7-6-,14-8+/t9-,10+,12+,13-,15+,16+,17+,18+,19+,21-,22-/m1/s1. The van der Waals surface area contributed by atoms with Crippen molar-refractivity contribution in [3.8, 4) is 0 Å². The van der Waals surface area contributed by atoms with E-state index in [2.05, 4.69) is 0 Å². The number of carbonyl (C=O) groups excluding carboxylic acids is 2. The Hall–Kier alpha value is -1.45. The van der Waals surface area contributed by atoms with Crippen LogP contribution in [-0.2, 0) is 23.8 Å². The van der Waals surface area contributed by atoms with Gasteiger partial charge in [0.1, 0.15) is 12.2 Å². The molecule has 0 bridgehead atoms. The molecule has 2 aliphatic carbocycles. The van der Waals surface area contributed by atoms with Crippen molar-refractivity contribution in [1.82, 2.24) is 0 Å². The first kappa shape index (κ1) is 22.7.